The summed E-state index contributed by atoms with van der Waals surface area (Å²) >= 11 is 9.59. The van der Waals surface area contributed by atoms with Crippen LogP contribution < -0.4 is 15.0 Å². The maximum absolute atomic E-state index is 12.8. The summed E-state index contributed by atoms with van der Waals surface area (Å²) in [6, 6.07) is 10.4. The van der Waals surface area contributed by atoms with Crippen molar-refractivity contribution in [2.24, 2.45) is 5.10 Å². The third-order valence-electron chi connectivity index (χ3n) is 3.83. The Morgan fingerprint density at radius 2 is 2.18 bits per heavy atom. The molecule has 0 bridgehead atoms. The van der Waals surface area contributed by atoms with Crippen molar-refractivity contribution in [1.29, 1.82) is 5.26 Å². The molecule has 3 rings (SSSR count). The van der Waals surface area contributed by atoms with Crippen LogP contribution in [-0.2, 0) is 0 Å². The summed E-state index contributed by atoms with van der Waals surface area (Å²) in [5, 5.41) is 13.6. The zero-order chi connectivity index (χ0) is 20.3. The summed E-state index contributed by atoms with van der Waals surface area (Å²) in [6.07, 6.45) is 1.47. The summed E-state index contributed by atoms with van der Waals surface area (Å²) in [6.45, 7) is 1.54. The van der Waals surface area contributed by atoms with Crippen molar-refractivity contribution in [3.63, 3.8) is 0 Å². The van der Waals surface area contributed by atoms with Gasteiger partial charge in [-0.25, -0.2) is 4.98 Å². The molecule has 0 N–H and O–H groups in total. The lowest BCUT2D eigenvalue weighted by atomic mass is 10.2. The lowest BCUT2D eigenvalue weighted by Gasteiger charge is -2.11. The first-order chi connectivity index (χ1) is 13.4. The van der Waals surface area contributed by atoms with Crippen molar-refractivity contribution in [1.82, 2.24) is 9.66 Å². The topological polar surface area (TPSA) is 89.5 Å². The van der Waals surface area contributed by atoms with Crippen LogP contribution >= 0.6 is 27.5 Å². The maximum atomic E-state index is 12.8. The minimum absolute atomic E-state index is 0.156. The first-order valence-electron chi connectivity index (χ1n) is 8.05. The summed E-state index contributed by atoms with van der Waals surface area (Å²) in [5.41, 5.74) is 0.903. The second kappa shape index (κ2) is 8.42. The fourth-order valence-electron chi connectivity index (χ4n) is 2.58. The van der Waals surface area contributed by atoms with E-state index in [1.165, 1.54) is 18.0 Å². The van der Waals surface area contributed by atoms with Crippen LogP contribution in [0, 0.1) is 18.3 Å². The molecule has 1 heterocycles. The van der Waals surface area contributed by atoms with Gasteiger partial charge in [0.25, 0.3) is 5.56 Å². The quantitative estimate of drug-likeness (QED) is 0.537. The van der Waals surface area contributed by atoms with E-state index in [-0.39, 0.29) is 22.9 Å². The van der Waals surface area contributed by atoms with Gasteiger partial charge in [0.2, 0.25) is 0 Å². The van der Waals surface area contributed by atoms with Crippen LogP contribution in [-0.4, -0.2) is 29.6 Å². The fourth-order valence-corrected chi connectivity index (χ4v) is 3.21. The molecule has 0 radical (unpaired) electrons. The number of halogens is 2. The van der Waals surface area contributed by atoms with Crippen LogP contribution in [0.25, 0.3) is 10.9 Å². The number of benzene rings is 2. The van der Waals surface area contributed by atoms with Gasteiger partial charge in [-0.15, -0.1) is 0 Å². The van der Waals surface area contributed by atoms with E-state index >= 15 is 0 Å². The minimum atomic E-state index is -0.285. The predicted octanol–water partition coefficient (Wildman–Crippen LogP) is 3.91. The van der Waals surface area contributed by atoms with E-state index in [1.807, 2.05) is 12.1 Å². The van der Waals surface area contributed by atoms with Gasteiger partial charge in [-0.05, 0) is 42.8 Å². The number of hydrogen-bond acceptors (Lipinski definition) is 6. The molecule has 0 fully saturated rings. The lowest BCUT2D eigenvalue weighted by molar-refractivity contribution is 0.330. The average Bonchev–Trinajstić information content (AvgIpc) is 2.67. The first kappa shape index (κ1) is 19.9. The molecule has 7 nitrogen and oxygen atoms in total. The normalized spacial score (nSPS) is 11.0. The Morgan fingerprint density at radius 1 is 1.39 bits per heavy atom. The van der Waals surface area contributed by atoms with Crippen molar-refractivity contribution >= 4 is 44.6 Å². The SMILES string of the molecule is COc1cc(C=Nn2c(C)nc3ccc(Br)cc3c2=O)cc(Cl)c1OCC#N. The summed E-state index contributed by atoms with van der Waals surface area (Å²) in [4.78, 5) is 17.2. The van der Waals surface area contributed by atoms with Gasteiger partial charge in [0.1, 0.15) is 11.9 Å². The molecule has 3 aromatic rings. The Bertz CT molecular complexity index is 1180. The molecule has 28 heavy (non-hydrogen) atoms. The Morgan fingerprint density at radius 3 is 2.89 bits per heavy atom. The second-order valence-electron chi connectivity index (χ2n) is 5.66. The first-order valence-corrected chi connectivity index (χ1v) is 9.22. The molecule has 0 saturated carbocycles. The van der Waals surface area contributed by atoms with E-state index < -0.39 is 0 Å². The molecule has 0 spiro atoms. The van der Waals surface area contributed by atoms with Gasteiger partial charge >= 0.3 is 0 Å². The molecule has 2 aromatic carbocycles. The molecule has 0 aliphatic heterocycles. The molecule has 0 atom stereocenters. The van der Waals surface area contributed by atoms with Gasteiger partial charge in [0, 0.05) is 4.47 Å². The second-order valence-corrected chi connectivity index (χ2v) is 6.99. The van der Waals surface area contributed by atoms with Crippen molar-refractivity contribution in [2.45, 2.75) is 6.92 Å². The molecule has 9 heteroatoms. The minimum Gasteiger partial charge on any atom is -0.493 e. The van der Waals surface area contributed by atoms with Crippen LogP contribution in [0.1, 0.15) is 11.4 Å². The van der Waals surface area contributed by atoms with E-state index in [1.54, 1.807) is 31.2 Å². The molecule has 1 aromatic heterocycles. The van der Waals surface area contributed by atoms with Crippen molar-refractivity contribution in [3.8, 4) is 17.6 Å². The molecule has 0 aliphatic carbocycles. The number of ether oxygens (including phenoxy) is 2. The largest absolute Gasteiger partial charge is 0.493 e. The fraction of sp³-hybridized carbons (Fsp3) is 0.158. The number of nitrogens with zero attached hydrogens (tertiary/aromatic N) is 4. The van der Waals surface area contributed by atoms with Crippen LogP contribution in [0.5, 0.6) is 11.5 Å². The average molecular weight is 462 g/mol. The predicted molar refractivity (Wildman–Crippen MR) is 111 cm³/mol. The number of rotatable bonds is 5. The van der Waals surface area contributed by atoms with E-state index in [4.69, 9.17) is 26.3 Å². The molecule has 0 aliphatic rings. The van der Waals surface area contributed by atoms with Crippen LogP contribution in [0.15, 0.2) is 44.7 Å². The number of aromatic nitrogens is 2. The van der Waals surface area contributed by atoms with E-state index in [2.05, 4.69) is 26.0 Å². The van der Waals surface area contributed by atoms with Crippen LogP contribution in [0.2, 0.25) is 5.02 Å². The summed E-state index contributed by atoms with van der Waals surface area (Å²) < 4.78 is 12.6. The highest BCUT2D eigenvalue weighted by Gasteiger charge is 2.12. The van der Waals surface area contributed by atoms with Gasteiger partial charge < -0.3 is 9.47 Å². The zero-order valence-corrected chi connectivity index (χ0v) is 17.3. The van der Waals surface area contributed by atoms with Crippen molar-refractivity contribution in [2.75, 3.05) is 13.7 Å². The molecular weight excluding hydrogens is 448 g/mol. The number of nitriles is 1. The molecular formula is C19H14BrClN4O3. The zero-order valence-electron chi connectivity index (χ0n) is 14.9. The highest BCUT2D eigenvalue weighted by molar-refractivity contribution is 9.10. The molecule has 0 saturated heterocycles. The maximum Gasteiger partial charge on any atom is 0.282 e. The molecule has 142 valence electrons. The smallest absolute Gasteiger partial charge is 0.282 e. The standard InChI is InChI=1S/C19H14BrClN4O3/c1-11-24-16-4-3-13(20)9-14(16)19(26)25(11)23-10-12-7-15(21)18(28-6-5-22)17(8-12)27-2/h3-4,7-10H,6H2,1-2H3. The Hall–Kier alpha value is -2.89. The van der Waals surface area contributed by atoms with Crippen molar-refractivity contribution in [3.05, 3.63) is 61.6 Å². The van der Waals surface area contributed by atoms with Gasteiger partial charge in [-0.1, -0.05) is 27.5 Å². The Kier molecular flexibility index (Phi) is 5.97. The van der Waals surface area contributed by atoms with Crippen LogP contribution in [0.4, 0.5) is 0 Å². The summed E-state index contributed by atoms with van der Waals surface area (Å²) in [5.74, 6) is 1.07. The van der Waals surface area contributed by atoms with Gasteiger partial charge in [-0.2, -0.15) is 15.0 Å². The Labute approximate surface area is 173 Å². The van der Waals surface area contributed by atoms with E-state index in [0.29, 0.717) is 28.0 Å². The lowest BCUT2D eigenvalue weighted by Crippen LogP contribution is -2.20. The number of hydrogen-bond donors (Lipinski definition) is 0. The van der Waals surface area contributed by atoms with Gasteiger partial charge in [0.15, 0.2) is 18.1 Å². The number of aryl methyl sites for hydroxylation is 1. The van der Waals surface area contributed by atoms with Gasteiger partial charge in [-0.3, -0.25) is 4.79 Å². The third-order valence-corrected chi connectivity index (χ3v) is 4.60. The van der Waals surface area contributed by atoms with Crippen molar-refractivity contribution < 1.29 is 9.47 Å². The Balaban J connectivity index is 2.04. The van der Waals surface area contributed by atoms with E-state index in [9.17, 15) is 4.79 Å². The highest BCUT2D eigenvalue weighted by atomic mass is 79.9. The summed E-state index contributed by atoms with van der Waals surface area (Å²) in [7, 11) is 1.46. The highest BCUT2D eigenvalue weighted by Crippen LogP contribution is 2.36. The number of fused-ring (bicyclic) bond motifs is 1. The molecule has 0 unspecified atom stereocenters. The monoisotopic (exact) mass is 460 g/mol. The molecule has 0 amide bonds. The third kappa shape index (κ3) is 4.01. The van der Waals surface area contributed by atoms with E-state index in [0.717, 1.165) is 4.47 Å². The number of methoxy groups -OCH3 is 1. The van der Waals surface area contributed by atoms with Crippen LogP contribution in [0.3, 0.4) is 0 Å². The van der Waals surface area contributed by atoms with Gasteiger partial charge in [0.05, 0.1) is 29.2 Å².